The minimum Gasteiger partial charge on any atom is -0.381 e. The Morgan fingerprint density at radius 2 is 2.06 bits per heavy atom. The lowest BCUT2D eigenvalue weighted by molar-refractivity contribution is 0.0819. The fourth-order valence-corrected chi connectivity index (χ4v) is 2.64. The van der Waals surface area contributed by atoms with Crippen molar-refractivity contribution in [1.29, 1.82) is 0 Å². The van der Waals surface area contributed by atoms with Gasteiger partial charge in [0.2, 0.25) is 0 Å². The molecule has 1 saturated heterocycles. The van der Waals surface area contributed by atoms with Crippen LogP contribution >= 0.6 is 11.6 Å². The summed E-state index contributed by atoms with van der Waals surface area (Å²) < 4.78 is 5.35. The number of piperidine rings is 1. The fourth-order valence-electron chi connectivity index (χ4n) is 2.34. The average Bonchev–Trinajstić information content (AvgIpc) is 2.38. The van der Waals surface area contributed by atoms with Gasteiger partial charge in [0.1, 0.15) is 0 Å². The topological polar surface area (TPSA) is 29.5 Å². The first kappa shape index (κ1) is 13.4. The molecule has 0 saturated carbocycles. The molecule has 18 heavy (non-hydrogen) atoms. The van der Waals surface area contributed by atoms with Crippen molar-refractivity contribution in [2.45, 2.75) is 25.9 Å². The summed E-state index contributed by atoms with van der Waals surface area (Å²) >= 11 is 6.13. The Hall–Kier alpha value is -1.06. The van der Waals surface area contributed by atoms with Crippen molar-refractivity contribution in [1.82, 2.24) is 0 Å². The molecule has 0 spiro atoms. The molecule has 1 aliphatic heterocycles. The Morgan fingerprint density at radius 1 is 1.39 bits per heavy atom. The maximum atomic E-state index is 11.3. The van der Waals surface area contributed by atoms with Crippen LogP contribution in [0.5, 0.6) is 0 Å². The van der Waals surface area contributed by atoms with Crippen molar-refractivity contribution in [2.24, 2.45) is 0 Å². The minimum atomic E-state index is 0.00430. The molecule has 0 amide bonds. The van der Waals surface area contributed by atoms with Crippen LogP contribution in [-0.2, 0) is 4.74 Å². The molecule has 3 nitrogen and oxygen atoms in total. The molecular weight excluding hydrogens is 250 g/mol. The smallest absolute Gasteiger partial charge is 0.161 e. The van der Waals surface area contributed by atoms with E-state index in [2.05, 4.69) is 4.90 Å². The molecule has 0 unspecified atom stereocenters. The van der Waals surface area contributed by atoms with E-state index in [1.165, 1.54) is 6.92 Å². The zero-order chi connectivity index (χ0) is 13.1. The first-order chi connectivity index (χ1) is 8.61. The van der Waals surface area contributed by atoms with Crippen molar-refractivity contribution in [3.63, 3.8) is 0 Å². The van der Waals surface area contributed by atoms with Gasteiger partial charge in [-0.2, -0.15) is 0 Å². The van der Waals surface area contributed by atoms with Gasteiger partial charge in [0.05, 0.1) is 11.1 Å². The molecule has 98 valence electrons. The summed E-state index contributed by atoms with van der Waals surface area (Å²) in [4.78, 5) is 13.6. The van der Waals surface area contributed by atoms with Gasteiger partial charge in [-0.15, -0.1) is 0 Å². The standard InChI is InChI=1S/C14H18ClNO2/c1-10(17)13-4-3-11(9-14(13)15)16-7-5-12(18-2)6-8-16/h3-4,9,12H,5-8H2,1-2H3. The van der Waals surface area contributed by atoms with E-state index in [4.69, 9.17) is 16.3 Å². The van der Waals surface area contributed by atoms with E-state index in [0.717, 1.165) is 31.6 Å². The molecule has 2 rings (SSSR count). The summed E-state index contributed by atoms with van der Waals surface area (Å²) in [6, 6.07) is 5.66. The van der Waals surface area contributed by atoms with Gasteiger partial charge in [-0.25, -0.2) is 0 Å². The van der Waals surface area contributed by atoms with E-state index < -0.39 is 0 Å². The number of benzene rings is 1. The second-order valence-corrected chi connectivity index (χ2v) is 5.05. The second kappa shape index (κ2) is 5.72. The summed E-state index contributed by atoms with van der Waals surface area (Å²) in [5, 5.41) is 0.536. The predicted octanol–water partition coefficient (Wildman–Crippen LogP) is 3.16. The van der Waals surface area contributed by atoms with E-state index >= 15 is 0 Å². The number of hydrogen-bond acceptors (Lipinski definition) is 3. The van der Waals surface area contributed by atoms with E-state index in [-0.39, 0.29) is 5.78 Å². The van der Waals surface area contributed by atoms with Crippen LogP contribution in [0.15, 0.2) is 18.2 Å². The molecule has 1 fully saturated rings. The number of halogens is 1. The van der Waals surface area contributed by atoms with Gasteiger partial charge < -0.3 is 9.64 Å². The summed E-state index contributed by atoms with van der Waals surface area (Å²) in [6.45, 7) is 3.47. The molecule has 4 heteroatoms. The summed E-state index contributed by atoms with van der Waals surface area (Å²) in [6.07, 6.45) is 2.43. The van der Waals surface area contributed by atoms with Gasteiger partial charge in [-0.05, 0) is 38.0 Å². The molecule has 0 radical (unpaired) electrons. The first-order valence-electron chi connectivity index (χ1n) is 6.20. The minimum absolute atomic E-state index is 0.00430. The van der Waals surface area contributed by atoms with Gasteiger partial charge >= 0.3 is 0 Å². The van der Waals surface area contributed by atoms with Crippen LogP contribution in [0, 0.1) is 0 Å². The van der Waals surface area contributed by atoms with Gasteiger partial charge in [0.25, 0.3) is 0 Å². The lowest BCUT2D eigenvalue weighted by atomic mass is 10.1. The molecule has 1 aromatic rings. The highest BCUT2D eigenvalue weighted by Gasteiger charge is 2.19. The Balaban J connectivity index is 2.11. The van der Waals surface area contributed by atoms with Crippen LogP contribution in [0.4, 0.5) is 5.69 Å². The highest BCUT2D eigenvalue weighted by molar-refractivity contribution is 6.34. The average molecular weight is 268 g/mol. The molecule has 0 atom stereocenters. The number of methoxy groups -OCH3 is 1. The van der Waals surface area contributed by atoms with Crippen molar-refractivity contribution >= 4 is 23.1 Å². The number of rotatable bonds is 3. The monoisotopic (exact) mass is 267 g/mol. The molecule has 0 N–H and O–H groups in total. The highest BCUT2D eigenvalue weighted by atomic mass is 35.5. The third-order valence-corrected chi connectivity index (χ3v) is 3.79. The Morgan fingerprint density at radius 3 is 2.56 bits per heavy atom. The molecule has 1 aromatic carbocycles. The van der Waals surface area contributed by atoms with Crippen molar-refractivity contribution < 1.29 is 9.53 Å². The van der Waals surface area contributed by atoms with Crippen LogP contribution in [0.3, 0.4) is 0 Å². The van der Waals surface area contributed by atoms with E-state index in [1.807, 2.05) is 18.2 Å². The number of ether oxygens (including phenoxy) is 1. The molecule has 0 aliphatic carbocycles. The van der Waals surface area contributed by atoms with Crippen LogP contribution in [-0.4, -0.2) is 32.1 Å². The molecule has 0 bridgehead atoms. The van der Waals surface area contributed by atoms with E-state index in [9.17, 15) is 4.79 Å². The van der Waals surface area contributed by atoms with Crippen LogP contribution < -0.4 is 4.90 Å². The summed E-state index contributed by atoms with van der Waals surface area (Å²) in [5.41, 5.74) is 1.67. The zero-order valence-corrected chi connectivity index (χ0v) is 11.5. The first-order valence-corrected chi connectivity index (χ1v) is 6.58. The molecule has 0 aromatic heterocycles. The maximum Gasteiger partial charge on any atom is 0.161 e. The number of hydrogen-bond donors (Lipinski definition) is 0. The van der Waals surface area contributed by atoms with Crippen LogP contribution in [0.2, 0.25) is 5.02 Å². The lowest BCUT2D eigenvalue weighted by Crippen LogP contribution is -2.36. The zero-order valence-electron chi connectivity index (χ0n) is 10.8. The summed E-state index contributed by atoms with van der Waals surface area (Å²) in [5.74, 6) is 0.00430. The Kier molecular flexibility index (Phi) is 4.25. The summed E-state index contributed by atoms with van der Waals surface area (Å²) in [7, 11) is 1.76. The van der Waals surface area contributed by atoms with Gasteiger partial charge in [-0.3, -0.25) is 4.79 Å². The molecule has 1 aliphatic rings. The third-order valence-electron chi connectivity index (χ3n) is 3.47. The fraction of sp³-hybridized carbons (Fsp3) is 0.500. The lowest BCUT2D eigenvalue weighted by Gasteiger charge is -2.33. The normalized spacial score (nSPS) is 16.9. The number of ketones is 1. The quantitative estimate of drug-likeness (QED) is 0.788. The van der Waals surface area contributed by atoms with Crippen molar-refractivity contribution in [3.05, 3.63) is 28.8 Å². The van der Waals surface area contributed by atoms with E-state index in [1.54, 1.807) is 7.11 Å². The molecule has 1 heterocycles. The number of nitrogens with zero attached hydrogens (tertiary/aromatic N) is 1. The highest BCUT2D eigenvalue weighted by Crippen LogP contribution is 2.26. The SMILES string of the molecule is COC1CCN(c2ccc(C(C)=O)c(Cl)c2)CC1. The van der Waals surface area contributed by atoms with Crippen LogP contribution in [0.1, 0.15) is 30.1 Å². The number of anilines is 1. The van der Waals surface area contributed by atoms with Gasteiger partial charge in [-0.1, -0.05) is 11.6 Å². The van der Waals surface area contributed by atoms with Crippen molar-refractivity contribution in [2.75, 3.05) is 25.1 Å². The predicted molar refractivity (Wildman–Crippen MR) is 73.7 cm³/mol. The third kappa shape index (κ3) is 2.85. The van der Waals surface area contributed by atoms with Crippen molar-refractivity contribution in [3.8, 4) is 0 Å². The van der Waals surface area contributed by atoms with Gasteiger partial charge in [0.15, 0.2) is 5.78 Å². The second-order valence-electron chi connectivity index (χ2n) is 4.64. The van der Waals surface area contributed by atoms with Gasteiger partial charge in [0, 0.05) is 31.5 Å². The Bertz CT molecular complexity index is 439. The van der Waals surface area contributed by atoms with E-state index in [0.29, 0.717) is 16.7 Å². The largest absolute Gasteiger partial charge is 0.381 e. The molecular formula is C14H18ClNO2. The number of Topliss-reactive ketones (excluding diaryl/α,β-unsaturated/α-hetero) is 1. The van der Waals surface area contributed by atoms with Crippen LogP contribution in [0.25, 0.3) is 0 Å². The number of carbonyl (C=O) groups is 1. The Labute approximate surface area is 113 Å². The number of carbonyl (C=O) groups excluding carboxylic acids is 1. The maximum absolute atomic E-state index is 11.3.